The summed E-state index contributed by atoms with van der Waals surface area (Å²) in [7, 11) is -3.17. The Labute approximate surface area is 225 Å². The van der Waals surface area contributed by atoms with Crippen molar-refractivity contribution in [3.63, 3.8) is 0 Å². The molecular formula is C30H57N3O2S. The van der Waals surface area contributed by atoms with E-state index in [4.69, 9.17) is 10.5 Å². The third-order valence-electron chi connectivity index (χ3n) is 7.04. The summed E-state index contributed by atoms with van der Waals surface area (Å²) in [4.78, 5) is 0. The van der Waals surface area contributed by atoms with Crippen molar-refractivity contribution in [2.24, 2.45) is 0 Å². The number of nitriles is 2. The summed E-state index contributed by atoms with van der Waals surface area (Å²) < 4.78 is 28.0. The van der Waals surface area contributed by atoms with Gasteiger partial charge in [0.2, 0.25) is 10.0 Å². The van der Waals surface area contributed by atoms with Gasteiger partial charge in [0.1, 0.15) is 0 Å². The first-order valence-corrected chi connectivity index (χ1v) is 16.9. The molecule has 0 rings (SSSR count). The molecule has 0 saturated heterocycles. The predicted octanol–water partition coefficient (Wildman–Crippen LogP) is 9.05. The Morgan fingerprint density at radius 3 is 1.22 bits per heavy atom. The summed E-state index contributed by atoms with van der Waals surface area (Å²) in [6.07, 6.45) is 26.1. The Bertz CT molecular complexity index is 620. The molecule has 0 aliphatic heterocycles. The fourth-order valence-corrected chi connectivity index (χ4v) is 6.33. The number of sulfonamides is 1. The van der Waals surface area contributed by atoms with E-state index < -0.39 is 10.0 Å². The van der Waals surface area contributed by atoms with E-state index in [1.165, 1.54) is 57.8 Å². The van der Waals surface area contributed by atoms with E-state index in [0.29, 0.717) is 31.7 Å². The fourth-order valence-electron chi connectivity index (χ4n) is 4.69. The van der Waals surface area contributed by atoms with Crippen LogP contribution in [0.5, 0.6) is 0 Å². The molecular weight excluding hydrogens is 466 g/mol. The molecule has 0 aliphatic rings. The molecule has 5 nitrogen and oxygen atoms in total. The first-order chi connectivity index (χ1) is 17.6. The predicted molar refractivity (Wildman–Crippen MR) is 153 cm³/mol. The van der Waals surface area contributed by atoms with E-state index in [0.717, 1.165) is 83.5 Å². The number of hydrogen-bond donors (Lipinski definition) is 0. The Hall–Kier alpha value is -1.11. The van der Waals surface area contributed by atoms with Gasteiger partial charge in [-0.25, -0.2) is 12.7 Å². The standard InChI is InChI=1S/C30H57N3O2S/c1-2-3-4-5-6-15-20-25-30-36(34,35)33(28-23-18-13-9-7-11-16-21-26-31)29-24-19-14-10-8-12-17-22-27-32/h2-25,28-30H2,1H3. The van der Waals surface area contributed by atoms with Gasteiger partial charge >= 0.3 is 0 Å². The van der Waals surface area contributed by atoms with Crippen LogP contribution < -0.4 is 0 Å². The fraction of sp³-hybridized carbons (Fsp3) is 0.933. The largest absolute Gasteiger partial charge is 0.214 e. The molecule has 0 aliphatic carbocycles. The topological polar surface area (TPSA) is 85.0 Å². The zero-order valence-electron chi connectivity index (χ0n) is 23.7. The van der Waals surface area contributed by atoms with E-state index in [1.807, 2.05) is 0 Å². The van der Waals surface area contributed by atoms with Gasteiger partial charge in [0.15, 0.2) is 0 Å². The van der Waals surface area contributed by atoms with Crippen molar-refractivity contribution in [2.45, 2.75) is 161 Å². The van der Waals surface area contributed by atoms with E-state index in [2.05, 4.69) is 19.1 Å². The Kier molecular flexibility index (Phi) is 26.1. The molecule has 0 saturated carbocycles. The lowest BCUT2D eigenvalue weighted by Crippen LogP contribution is -2.35. The van der Waals surface area contributed by atoms with Gasteiger partial charge in [0, 0.05) is 25.9 Å². The van der Waals surface area contributed by atoms with Crippen molar-refractivity contribution in [2.75, 3.05) is 18.8 Å². The third-order valence-corrected chi connectivity index (χ3v) is 9.00. The molecule has 6 heteroatoms. The number of unbranched alkanes of at least 4 members (excludes halogenated alkanes) is 21. The van der Waals surface area contributed by atoms with Crippen molar-refractivity contribution >= 4 is 10.0 Å². The maximum absolute atomic E-state index is 13.1. The monoisotopic (exact) mass is 523 g/mol. The van der Waals surface area contributed by atoms with Crippen LogP contribution in [-0.4, -0.2) is 31.6 Å². The van der Waals surface area contributed by atoms with Crippen molar-refractivity contribution in [3.05, 3.63) is 0 Å². The molecule has 0 aromatic rings. The summed E-state index contributed by atoms with van der Waals surface area (Å²) in [5, 5.41) is 17.2. The van der Waals surface area contributed by atoms with Gasteiger partial charge in [-0.05, 0) is 32.1 Å². The minimum absolute atomic E-state index is 0.305. The second kappa shape index (κ2) is 26.9. The molecule has 0 fully saturated rings. The average molecular weight is 524 g/mol. The second-order valence-corrected chi connectivity index (χ2v) is 12.5. The summed E-state index contributed by atoms with van der Waals surface area (Å²) in [5.74, 6) is 0.305. The van der Waals surface area contributed by atoms with Gasteiger partial charge in [0.05, 0.1) is 17.9 Å². The lowest BCUT2D eigenvalue weighted by Gasteiger charge is -2.22. The second-order valence-electron chi connectivity index (χ2n) is 10.5. The highest BCUT2D eigenvalue weighted by molar-refractivity contribution is 7.89. The highest BCUT2D eigenvalue weighted by atomic mass is 32.2. The van der Waals surface area contributed by atoms with Gasteiger partial charge in [-0.1, -0.05) is 116 Å². The van der Waals surface area contributed by atoms with Crippen LogP contribution in [0.25, 0.3) is 0 Å². The normalized spacial score (nSPS) is 11.6. The summed E-state index contributed by atoms with van der Waals surface area (Å²) in [6.45, 7) is 3.57. The van der Waals surface area contributed by atoms with Crippen LogP contribution in [0.3, 0.4) is 0 Å². The molecule has 36 heavy (non-hydrogen) atoms. The van der Waals surface area contributed by atoms with E-state index in [9.17, 15) is 8.42 Å². The van der Waals surface area contributed by atoms with Crippen LogP contribution in [0.4, 0.5) is 0 Å². The first-order valence-electron chi connectivity index (χ1n) is 15.3. The zero-order valence-corrected chi connectivity index (χ0v) is 24.5. The summed E-state index contributed by atoms with van der Waals surface area (Å²) in [6, 6.07) is 4.40. The van der Waals surface area contributed by atoms with Gasteiger partial charge in [-0.3, -0.25) is 0 Å². The van der Waals surface area contributed by atoms with Crippen LogP contribution in [0.1, 0.15) is 161 Å². The zero-order chi connectivity index (χ0) is 26.6. The molecule has 0 spiro atoms. The quantitative estimate of drug-likeness (QED) is 0.0957. The van der Waals surface area contributed by atoms with Crippen molar-refractivity contribution in [1.29, 1.82) is 10.5 Å². The van der Waals surface area contributed by atoms with Crippen LogP contribution in [0.2, 0.25) is 0 Å². The minimum atomic E-state index is -3.17. The maximum Gasteiger partial charge on any atom is 0.214 e. The minimum Gasteiger partial charge on any atom is -0.212 e. The van der Waals surface area contributed by atoms with Crippen LogP contribution in [0.15, 0.2) is 0 Å². The molecule has 210 valence electrons. The first kappa shape index (κ1) is 34.9. The lowest BCUT2D eigenvalue weighted by atomic mass is 10.1. The van der Waals surface area contributed by atoms with Gasteiger partial charge in [-0.2, -0.15) is 10.5 Å². The maximum atomic E-state index is 13.1. The lowest BCUT2D eigenvalue weighted by molar-refractivity contribution is 0.382. The summed E-state index contributed by atoms with van der Waals surface area (Å²) in [5.41, 5.74) is 0. The van der Waals surface area contributed by atoms with Crippen LogP contribution in [-0.2, 0) is 10.0 Å². The molecule has 0 unspecified atom stereocenters. The van der Waals surface area contributed by atoms with Crippen molar-refractivity contribution < 1.29 is 8.42 Å². The molecule has 0 amide bonds. The Morgan fingerprint density at radius 2 is 0.833 bits per heavy atom. The van der Waals surface area contributed by atoms with Gasteiger partial charge in [-0.15, -0.1) is 0 Å². The number of hydrogen-bond acceptors (Lipinski definition) is 4. The molecule has 0 radical (unpaired) electrons. The average Bonchev–Trinajstić information content (AvgIpc) is 2.86. The number of rotatable bonds is 28. The van der Waals surface area contributed by atoms with Gasteiger partial charge in [0.25, 0.3) is 0 Å². The Balaban J connectivity index is 4.28. The van der Waals surface area contributed by atoms with E-state index in [1.54, 1.807) is 4.31 Å². The SMILES string of the molecule is CCCCCCCCCCS(=O)(=O)N(CCCCCCCCCC#N)CCCCCCCCCC#N. The van der Waals surface area contributed by atoms with E-state index in [-0.39, 0.29) is 0 Å². The highest BCUT2D eigenvalue weighted by Gasteiger charge is 2.20. The molecule has 0 N–H and O–H groups in total. The third kappa shape index (κ3) is 23.3. The highest BCUT2D eigenvalue weighted by Crippen LogP contribution is 2.15. The van der Waals surface area contributed by atoms with Crippen molar-refractivity contribution in [1.82, 2.24) is 4.31 Å². The van der Waals surface area contributed by atoms with Gasteiger partial charge < -0.3 is 0 Å². The van der Waals surface area contributed by atoms with Crippen LogP contribution >= 0.6 is 0 Å². The summed E-state index contributed by atoms with van der Waals surface area (Å²) >= 11 is 0. The smallest absolute Gasteiger partial charge is 0.212 e. The Morgan fingerprint density at radius 1 is 0.500 bits per heavy atom. The molecule has 0 heterocycles. The molecule has 0 aromatic heterocycles. The number of nitrogens with zero attached hydrogens (tertiary/aromatic N) is 3. The molecule has 0 atom stereocenters. The molecule has 0 aromatic carbocycles. The van der Waals surface area contributed by atoms with E-state index >= 15 is 0 Å². The molecule has 0 bridgehead atoms. The van der Waals surface area contributed by atoms with Crippen molar-refractivity contribution in [3.8, 4) is 12.1 Å². The van der Waals surface area contributed by atoms with Crippen LogP contribution in [0, 0.1) is 22.7 Å².